The predicted octanol–water partition coefficient (Wildman–Crippen LogP) is 3.10. The number of hydrogen-bond donors (Lipinski definition) is 1. The SMILES string of the molecule is O=C(O)c1cccc(COc2cccc(F)c2)c1. The van der Waals surface area contributed by atoms with Gasteiger partial charge in [0.05, 0.1) is 5.56 Å². The maximum atomic E-state index is 12.9. The van der Waals surface area contributed by atoms with E-state index in [0.717, 1.165) is 5.56 Å². The Morgan fingerprint density at radius 3 is 2.67 bits per heavy atom. The fraction of sp³-hybridized carbons (Fsp3) is 0.0714. The third-order valence-corrected chi connectivity index (χ3v) is 2.38. The van der Waals surface area contributed by atoms with Crippen molar-refractivity contribution in [2.75, 3.05) is 0 Å². The summed E-state index contributed by atoms with van der Waals surface area (Å²) in [5.74, 6) is -0.940. The van der Waals surface area contributed by atoms with Crippen molar-refractivity contribution in [3.05, 3.63) is 65.5 Å². The molecule has 0 atom stereocenters. The van der Waals surface area contributed by atoms with E-state index in [1.54, 1.807) is 24.3 Å². The Hall–Kier alpha value is -2.36. The van der Waals surface area contributed by atoms with Crippen LogP contribution in [0.1, 0.15) is 15.9 Å². The van der Waals surface area contributed by atoms with Crippen LogP contribution in [-0.4, -0.2) is 11.1 Å². The Morgan fingerprint density at radius 2 is 1.94 bits per heavy atom. The van der Waals surface area contributed by atoms with Crippen LogP contribution >= 0.6 is 0 Å². The van der Waals surface area contributed by atoms with Crippen molar-refractivity contribution < 1.29 is 19.0 Å². The number of carboxylic acid groups (broad SMARTS) is 1. The van der Waals surface area contributed by atoms with E-state index in [1.807, 2.05) is 0 Å². The fourth-order valence-corrected chi connectivity index (χ4v) is 1.52. The Kier molecular flexibility index (Phi) is 3.57. The molecule has 0 aliphatic rings. The van der Waals surface area contributed by atoms with Crippen LogP contribution in [0.5, 0.6) is 5.75 Å². The van der Waals surface area contributed by atoms with E-state index in [2.05, 4.69) is 0 Å². The topological polar surface area (TPSA) is 46.5 Å². The first-order chi connectivity index (χ1) is 8.65. The molecule has 2 rings (SSSR count). The van der Waals surface area contributed by atoms with Crippen molar-refractivity contribution in [3.8, 4) is 5.75 Å². The number of hydrogen-bond acceptors (Lipinski definition) is 2. The van der Waals surface area contributed by atoms with Gasteiger partial charge in [0, 0.05) is 6.07 Å². The smallest absolute Gasteiger partial charge is 0.335 e. The zero-order valence-corrected chi connectivity index (χ0v) is 9.47. The Bertz CT molecular complexity index is 566. The molecule has 0 bridgehead atoms. The highest BCUT2D eigenvalue weighted by Crippen LogP contribution is 2.14. The summed E-state index contributed by atoms with van der Waals surface area (Å²) in [6.45, 7) is 0.199. The van der Waals surface area contributed by atoms with Crippen LogP contribution in [-0.2, 0) is 6.61 Å². The van der Waals surface area contributed by atoms with Gasteiger partial charge in [0.25, 0.3) is 0 Å². The van der Waals surface area contributed by atoms with E-state index in [4.69, 9.17) is 9.84 Å². The number of rotatable bonds is 4. The van der Waals surface area contributed by atoms with Gasteiger partial charge in [-0.25, -0.2) is 9.18 Å². The van der Waals surface area contributed by atoms with Gasteiger partial charge in [-0.15, -0.1) is 0 Å². The van der Waals surface area contributed by atoms with Gasteiger partial charge < -0.3 is 9.84 Å². The summed E-state index contributed by atoms with van der Waals surface area (Å²) in [5.41, 5.74) is 0.925. The molecule has 3 nitrogen and oxygen atoms in total. The Balaban J connectivity index is 2.06. The maximum absolute atomic E-state index is 12.9. The molecule has 0 heterocycles. The molecule has 1 N–H and O–H groups in total. The molecule has 2 aromatic carbocycles. The van der Waals surface area contributed by atoms with Crippen molar-refractivity contribution in [2.45, 2.75) is 6.61 Å². The van der Waals surface area contributed by atoms with Crippen molar-refractivity contribution in [3.63, 3.8) is 0 Å². The second-order valence-electron chi connectivity index (χ2n) is 3.75. The monoisotopic (exact) mass is 246 g/mol. The summed E-state index contributed by atoms with van der Waals surface area (Å²) < 4.78 is 18.3. The lowest BCUT2D eigenvalue weighted by atomic mass is 10.1. The number of aromatic carboxylic acids is 1. The largest absolute Gasteiger partial charge is 0.489 e. The second kappa shape index (κ2) is 5.31. The van der Waals surface area contributed by atoms with E-state index >= 15 is 0 Å². The lowest BCUT2D eigenvalue weighted by molar-refractivity contribution is 0.0696. The minimum Gasteiger partial charge on any atom is -0.489 e. The van der Waals surface area contributed by atoms with Gasteiger partial charge in [-0.05, 0) is 29.8 Å². The first-order valence-electron chi connectivity index (χ1n) is 5.36. The van der Waals surface area contributed by atoms with Gasteiger partial charge in [0.1, 0.15) is 18.2 Å². The lowest BCUT2D eigenvalue weighted by Crippen LogP contribution is -2.00. The molecule has 0 unspecified atom stereocenters. The van der Waals surface area contributed by atoms with Crippen LogP contribution in [0, 0.1) is 5.82 Å². The molecular formula is C14H11FO3. The minimum absolute atomic E-state index is 0.199. The molecule has 0 spiro atoms. The highest BCUT2D eigenvalue weighted by atomic mass is 19.1. The molecule has 0 aliphatic carbocycles. The molecule has 2 aromatic rings. The molecule has 0 saturated carbocycles. The summed E-state index contributed by atoms with van der Waals surface area (Å²) >= 11 is 0. The average molecular weight is 246 g/mol. The van der Waals surface area contributed by atoms with Gasteiger partial charge in [-0.1, -0.05) is 18.2 Å². The maximum Gasteiger partial charge on any atom is 0.335 e. The van der Waals surface area contributed by atoms with Crippen LogP contribution in [0.3, 0.4) is 0 Å². The number of ether oxygens (including phenoxy) is 1. The van der Waals surface area contributed by atoms with Gasteiger partial charge in [0.15, 0.2) is 0 Å². The highest BCUT2D eigenvalue weighted by molar-refractivity contribution is 5.87. The summed E-state index contributed by atoms with van der Waals surface area (Å²) in [7, 11) is 0. The van der Waals surface area contributed by atoms with E-state index in [1.165, 1.54) is 24.3 Å². The van der Waals surface area contributed by atoms with E-state index in [-0.39, 0.29) is 18.0 Å². The molecule has 0 aliphatic heterocycles. The van der Waals surface area contributed by atoms with Crippen LogP contribution < -0.4 is 4.74 Å². The van der Waals surface area contributed by atoms with Crippen molar-refractivity contribution in [1.82, 2.24) is 0 Å². The van der Waals surface area contributed by atoms with Crippen molar-refractivity contribution in [1.29, 1.82) is 0 Å². The molecule has 0 aromatic heterocycles. The highest BCUT2D eigenvalue weighted by Gasteiger charge is 2.03. The average Bonchev–Trinajstić information content (AvgIpc) is 2.37. The normalized spacial score (nSPS) is 10.1. The molecule has 4 heteroatoms. The van der Waals surface area contributed by atoms with Gasteiger partial charge in [-0.3, -0.25) is 0 Å². The number of carbonyl (C=O) groups is 1. The van der Waals surface area contributed by atoms with Crippen molar-refractivity contribution in [2.24, 2.45) is 0 Å². The third-order valence-electron chi connectivity index (χ3n) is 2.38. The van der Waals surface area contributed by atoms with E-state index in [9.17, 15) is 9.18 Å². The third kappa shape index (κ3) is 3.07. The summed E-state index contributed by atoms with van der Waals surface area (Å²) in [5, 5.41) is 8.84. The zero-order chi connectivity index (χ0) is 13.0. The van der Waals surface area contributed by atoms with Crippen LogP contribution in [0.2, 0.25) is 0 Å². The number of halogens is 1. The zero-order valence-electron chi connectivity index (χ0n) is 9.47. The quantitative estimate of drug-likeness (QED) is 0.901. The summed E-state index contributed by atoms with van der Waals surface area (Å²) in [6, 6.07) is 12.2. The summed E-state index contributed by atoms with van der Waals surface area (Å²) in [6.07, 6.45) is 0. The van der Waals surface area contributed by atoms with Gasteiger partial charge in [-0.2, -0.15) is 0 Å². The van der Waals surface area contributed by atoms with Gasteiger partial charge in [0.2, 0.25) is 0 Å². The predicted molar refractivity (Wildman–Crippen MR) is 64.1 cm³/mol. The van der Waals surface area contributed by atoms with Crippen LogP contribution in [0.25, 0.3) is 0 Å². The molecular weight excluding hydrogens is 235 g/mol. The Morgan fingerprint density at radius 1 is 1.17 bits per heavy atom. The van der Waals surface area contributed by atoms with Crippen LogP contribution in [0.4, 0.5) is 4.39 Å². The number of benzene rings is 2. The van der Waals surface area contributed by atoms with E-state index in [0.29, 0.717) is 5.75 Å². The van der Waals surface area contributed by atoms with Crippen LogP contribution in [0.15, 0.2) is 48.5 Å². The summed E-state index contributed by atoms with van der Waals surface area (Å²) in [4.78, 5) is 10.8. The first kappa shape index (κ1) is 12.1. The molecule has 92 valence electrons. The van der Waals surface area contributed by atoms with Gasteiger partial charge >= 0.3 is 5.97 Å². The van der Waals surface area contributed by atoms with E-state index < -0.39 is 5.97 Å². The number of carboxylic acids is 1. The van der Waals surface area contributed by atoms with Crippen molar-refractivity contribution >= 4 is 5.97 Å². The fourth-order valence-electron chi connectivity index (χ4n) is 1.52. The first-order valence-corrected chi connectivity index (χ1v) is 5.36. The minimum atomic E-state index is -0.984. The molecule has 18 heavy (non-hydrogen) atoms. The molecule has 0 saturated heterocycles. The molecule has 0 amide bonds. The Labute approximate surface area is 103 Å². The second-order valence-corrected chi connectivity index (χ2v) is 3.75. The lowest BCUT2D eigenvalue weighted by Gasteiger charge is -2.06. The molecule has 0 fully saturated rings. The molecule has 0 radical (unpaired) electrons. The standard InChI is InChI=1S/C14H11FO3/c15-12-5-2-6-13(8-12)18-9-10-3-1-4-11(7-10)14(16)17/h1-8H,9H2,(H,16,17).